The molecule has 1 aromatic carbocycles. The molecule has 1 amide bonds. The minimum absolute atomic E-state index is 0.0465. The van der Waals surface area contributed by atoms with Gasteiger partial charge >= 0.3 is 0 Å². The Kier molecular flexibility index (Phi) is 4.65. The van der Waals surface area contributed by atoms with Crippen molar-refractivity contribution in [1.82, 2.24) is 14.9 Å². The number of rotatable bonds is 3. The van der Waals surface area contributed by atoms with Gasteiger partial charge in [0.05, 0.1) is 0 Å². The predicted molar refractivity (Wildman–Crippen MR) is 87.4 cm³/mol. The Bertz CT molecular complexity index is 620. The summed E-state index contributed by atoms with van der Waals surface area (Å²) in [4.78, 5) is 13.0. The molecule has 0 spiro atoms. The molecule has 110 valence electrons. The third kappa shape index (κ3) is 3.49. The van der Waals surface area contributed by atoms with E-state index in [-0.39, 0.29) is 5.91 Å². The maximum Gasteiger partial charge on any atom is 0.265 e. The topological polar surface area (TPSA) is 54.9 Å². The first-order valence-electron chi connectivity index (χ1n) is 7.13. The Morgan fingerprint density at radius 3 is 2.62 bits per heavy atom. The number of carbonyl (C=O) groups excluding carboxylic acids is 1. The second-order valence-corrected chi connectivity index (χ2v) is 6.94. The summed E-state index contributed by atoms with van der Waals surface area (Å²) in [5.74, 6) is -0.0465. The number of nitrogens with zero attached hydrogens (tertiary/aromatic N) is 2. The molecule has 1 fully saturated rings. The van der Waals surface area contributed by atoms with E-state index in [9.17, 15) is 4.79 Å². The monoisotopic (exact) mass is 365 g/mol. The lowest BCUT2D eigenvalue weighted by Crippen LogP contribution is -2.36. The number of aromatic nitrogens is 2. The highest BCUT2D eigenvalue weighted by atomic mass is 79.9. The molecule has 1 aliphatic rings. The number of halogens is 1. The Morgan fingerprint density at radius 1 is 1.19 bits per heavy atom. The van der Waals surface area contributed by atoms with Crippen molar-refractivity contribution in [2.45, 2.75) is 38.1 Å². The molecule has 6 heteroatoms. The van der Waals surface area contributed by atoms with E-state index < -0.39 is 0 Å². The van der Waals surface area contributed by atoms with Crippen LogP contribution in [0.5, 0.6) is 0 Å². The smallest absolute Gasteiger partial charge is 0.265 e. The zero-order valence-electron chi connectivity index (χ0n) is 11.5. The van der Waals surface area contributed by atoms with Gasteiger partial charge in [0.2, 0.25) is 0 Å². The average Bonchev–Trinajstić information content (AvgIpc) is 2.98. The van der Waals surface area contributed by atoms with E-state index in [4.69, 9.17) is 0 Å². The van der Waals surface area contributed by atoms with Crippen LogP contribution in [0.15, 0.2) is 28.7 Å². The van der Waals surface area contributed by atoms with E-state index in [1.807, 2.05) is 24.3 Å². The molecule has 0 unspecified atom stereocenters. The average molecular weight is 366 g/mol. The minimum Gasteiger partial charge on any atom is -0.348 e. The van der Waals surface area contributed by atoms with Gasteiger partial charge in [-0.15, -0.1) is 5.10 Å². The fourth-order valence-corrected chi connectivity index (χ4v) is 3.49. The van der Waals surface area contributed by atoms with Gasteiger partial charge in [-0.25, -0.2) is 0 Å². The van der Waals surface area contributed by atoms with Crippen LogP contribution in [-0.2, 0) is 0 Å². The molecule has 0 bridgehead atoms. The summed E-state index contributed by atoms with van der Waals surface area (Å²) in [7, 11) is 0. The van der Waals surface area contributed by atoms with E-state index in [1.165, 1.54) is 19.3 Å². The summed E-state index contributed by atoms with van der Waals surface area (Å²) in [6.45, 7) is 0. The zero-order chi connectivity index (χ0) is 14.7. The first kappa shape index (κ1) is 14.7. The highest BCUT2D eigenvalue weighted by Crippen LogP contribution is 2.26. The van der Waals surface area contributed by atoms with Crippen molar-refractivity contribution >= 4 is 33.4 Å². The van der Waals surface area contributed by atoms with Crippen LogP contribution in [-0.4, -0.2) is 21.5 Å². The molecule has 1 heterocycles. The van der Waals surface area contributed by atoms with Gasteiger partial charge < -0.3 is 5.32 Å². The van der Waals surface area contributed by atoms with Gasteiger partial charge in [-0.1, -0.05) is 51.8 Å². The fraction of sp³-hybridized carbons (Fsp3) is 0.400. The van der Waals surface area contributed by atoms with Crippen LogP contribution in [0.4, 0.5) is 0 Å². The highest BCUT2D eigenvalue weighted by molar-refractivity contribution is 9.10. The molecule has 0 aliphatic heterocycles. The van der Waals surface area contributed by atoms with E-state index in [1.54, 1.807) is 0 Å². The molecule has 1 aromatic heterocycles. The number of hydrogen-bond donors (Lipinski definition) is 1. The molecular weight excluding hydrogens is 350 g/mol. The molecule has 0 radical (unpaired) electrons. The van der Waals surface area contributed by atoms with Crippen molar-refractivity contribution in [1.29, 1.82) is 0 Å². The van der Waals surface area contributed by atoms with Crippen LogP contribution in [0.3, 0.4) is 0 Å². The van der Waals surface area contributed by atoms with Crippen molar-refractivity contribution in [2.24, 2.45) is 0 Å². The molecule has 0 saturated heterocycles. The van der Waals surface area contributed by atoms with E-state index in [0.29, 0.717) is 16.6 Å². The van der Waals surface area contributed by atoms with Gasteiger partial charge in [-0.3, -0.25) is 4.79 Å². The lowest BCUT2D eigenvalue weighted by Gasteiger charge is -2.22. The highest BCUT2D eigenvalue weighted by Gasteiger charge is 2.21. The van der Waals surface area contributed by atoms with Crippen LogP contribution in [0.2, 0.25) is 0 Å². The number of amides is 1. The zero-order valence-corrected chi connectivity index (χ0v) is 13.9. The summed E-state index contributed by atoms with van der Waals surface area (Å²) < 4.78 is 4.96. The molecule has 4 nitrogen and oxygen atoms in total. The van der Waals surface area contributed by atoms with Crippen molar-refractivity contribution in [3.63, 3.8) is 0 Å². The number of benzene rings is 1. The summed E-state index contributed by atoms with van der Waals surface area (Å²) >= 11 is 4.57. The molecule has 0 atom stereocenters. The summed E-state index contributed by atoms with van der Waals surface area (Å²) in [5, 5.41) is 7.25. The van der Waals surface area contributed by atoms with Gasteiger partial charge in [-0.2, -0.15) is 0 Å². The van der Waals surface area contributed by atoms with Gasteiger partial charge in [0.15, 0.2) is 0 Å². The second-order valence-electron chi connectivity index (χ2n) is 5.27. The van der Waals surface area contributed by atoms with Crippen molar-refractivity contribution in [3.8, 4) is 11.3 Å². The minimum atomic E-state index is -0.0465. The Labute approximate surface area is 136 Å². The van der Waals surface area contributed by atoms with Crippen molar-refractivity contribution in [2.75, 3.05) is 0 Å². The van der Waals surface area contributed by atoms with Crippen LogP contribution >= 0.6 is 27.5 Å². The van der Waals surface area contributed by atoms with E-state index in [0.717, 1.165) is 34.4 Å². The lowest BCUT2D eigenvalue weighted by molar-refractivity contribution is 0.0932. The Hall–Kier alpha value is -1.27. The predicted octanol–water partition coefficient (Wildman–Crippen LogP) is 4.03. The number of hydrogen-bond acceptors (Lipinski definition) is 4. The Morgan fingerprint density at radius 2 is 1.90 bits per heavy atom. The SMILES string of the molecule is O=C(NC1CCCCC1)c1snnc1-c1ccc(Br)cc1. The standard InChI is InChI=1S/C15H16BrN3OS/c16-11-8-6-10(7-9-11)13-14(21-19-18-13)15(20)17-12-4-2-1-3-5-12/h6-9,12H,1-5H2,(H,17,20). The molecule has 21 heavy (non-hydrogen) atoms. The van der Waals surface area contributed by atoms with Gasteiger partial charge in [0.25, 0.3) is 5.91 Å². The van der Waals surface area contributed by atoms with Crippen LogP contribution < -0.4 is 5.32 Å². The molecular formula is C15H16BrN3OS. The second kappa shape index (κ2) is 6.66. The van der Waals surface area contributed by atoms with Crippen LogP contribution in [0, 0.1) is 0 Å². The third-order valence-electron chi connectivity index (χ3n) is 3.75. The molecule has 2 aromatic rings. The maximum atomic E-state index is 12.4. The van der Waals surface area contributed by atoms with Crippen LogP contribution in [0.25, 0.3) is 11.3 Å². The molecule has 1 N–H and O–H groups in total. The fourth-order valence-electron chi connectivity index (χ4n) is 2.63. The number of nitrogens with one attached hydrogen (secondary N) is 1. The Balaban J connectivity index is 1.78. The summed E-state index contributed by atoms with van der Waals surface area (Å²) in [6.07, 6.45) is 5.83. The van der Waals surface area contributed by atoms with Crippen LogP contribution in [0.1, 0.15) is 41.8 Å². The summed E-state index contributed by atoms with van der Waals surface area (Å²) in [6, 6.07) is 8.07. The van der Waals surface area contributed by atoms with Gasteiger partial charge in [-0.05, 0) is 36.5 Å². The first-order valence-corrected chi connectivity index (χ1v) is 8.70. The van der Waals surface area contributed by atoms with Gasteiger partial charge in [0.1, 0.15) is 10.6 Å². The molecule has 1 saturated carbocycles. The largest absolute Gasteiger partial charge is 0.348 e. The number of carbonyl (C=O) groups is 1. The van der Waals surface area contributed by atoms with Gasteiger partial charge in [0, 0.05) is 16.1 Å². The van der Waals surface area contributed by atoms with E-state index in [2.05, 4.69) is 30.8 Å². The third-order valence-corrected chi connectivity index (χ3v) is 5.01. The quantitative estimate of drug-likeness (QED) is 0.892. The lowest BCUT2D eigenvalue weighted by atomic mass is 9.95. The molecule has 1 aliphatic carbocycles. The van der Waals surface area contributed by atoms with Crippen molar-refractivity contribution < 1.29 is 4.79 Å². The normalized spacial score (nSPS) is 15.9. The van der Waals surface area contributed by atoms with E-state index >= 15 is 0 Å². The van der Waals surface area contributed by atoms with Crippen molar-refractivity contribution in [3.05, 3.63) is 33.6 Å². The molecule has 3 rings (SSSR count). The maximum absolute atomic E-state index is 12.4. The first-order chi connectivity index (χ1) is 10.2. The summed E-state index contributed by atoms with van der Waals surface area (Å²) in [5.41, 5.74) is 1.58.